The van der Waals surface area contributed by atoms with Crippen molar-refractivity contribution in [2.75, 3.05) is 19.8 Å². The lowest BCUT2D eigenvalue weighted by atomic mass is 10.1. The Bertz CT molecular complexity index is 1330. The van der Waals surface area contributed by atoms with Crippen molar-refractivity contribution in [2.45, 2.75) is 205 Å². The van der Waals surface area contributed by atoms with Crippen molar-refractivity contribution < 1.29 is 52.2 Å². The number of carboxylic acids is 1. The molecule has 0 aromatic carbocycles. The summed E-state index contributed by atoms with van der Waals surface area (Å²) in [5.74, 6) is -2.47. The number of allylic oxidation sites excluding steroid dienone is 9. The van der Waals surface area contributed by atoms with Gasteiger partial charge in [-0.1, -0.05) is 145 Å². The maximum atomic E-state index is 12.7. The number of aliphatic carboxylic acids is 1. The van der Waals surface area contributed by atoms with Gasteiger partial charge >= 0.3 is 25.7 Å². The van der Waals surface area contributed by atoms with Crippen molar-refractivity contribution in [1.29, 1.82) is 0 Å². The van der Waals surface area contributed by atoms with Crippen molar-refractivity contribution >= 4 is 25.7 Å². The van der Waals surface area contributed by atoms with Gasteiger partial charge in [0, 0.05) is 12.8 Å². The molecular weight excluding hydrogens is 797 g/mol. The number of phosphoric acid groups is 1. The van der Waals surface area contributed by atoms with E-state index in [1.54, 1.807) is 0 Å². The first-order valence-electron chi connectivity index (χ1n) is 23.4. The van der Waals surface area contributed by atoms with Gasteiger partial charge in [-0.25, -0.2) is 4.57 Å². The molecule has 0 bridgehead atoms. The highest BCUT2D eigenvalue weighted by Gasteiger charge is 2.37. The summed E-state index contributed by atoms with van der Waals surface area (Å²) in [6.45, 7) is 2.67. The fourth-order valence-corrected chi connectivity index (χ4v) is 7.14. The molecule has 350 valence electrons. The summed E-state index contributed by atoms with van der Waals surface area (Å²) in [7, 11) is -4.75. The van der Waals surface area contributed by atoms with Crippen LogP contribution < -0.4 is 5.73 Å². The number of hydrogen-bond donors (Lipinski definition) is 3. The third kappa shape index (κ3) is 36.3. The molecule has 0 radical (unpaired) electrons. The molecule has 1 heterocycles. The van der Waals surface area contributed by atoms with E-state index in [4.69, 9.17) is 29.6 Å². The zero-order valence-corrected chi connectivity index (χ0v) is 38.6. The van der Waals surface area contributed by atoms with Crippen molar-refractivity contribution in [3.8, 4) is 0 Å². The number of carbonyl (C=O) groups is 3. The van der Waals surface area contributed by atoms with E-state index in [2.05, 4.69) is 79.1 Å². The third-order valence-electron chi connectivity index (χ3n) is 10.2. The number of unbranched alkanes of at least 4 members (excludes halogenated alkanes) is 15. The summed E-state index contributed by atoms with van der Waals surface area (Å²) in [6, 6.07) is -1.54. The molecule has 5 atom stereocenters. The van der Waals surface area contributed by atoms with E-state index in [0.29, 0.717) is 19.3 Å². The molecule has 1 aliphatic heterocycles. The molecule has 3 unspecified atom stereocenters. The lowest BCUT2D eigenvalue weighted by Crippen LogP contribution is -2.34. The standard InChI is InChI=1S/C48H82NO11P/c1-3-5-7-9-11-13-15-17-18-19-20-21-22-23-25-27-29-31-33-37-46(50)56-39-42(40-57-61(54,55)58-41-43(49)48(52)53)59-47(51)38-34-36-45-44(60-45)35-32-30-28-26-24-16-14-12-10-8-6-4-2/h11-14,17-18,24,26,30,32,42-45H,3-10,15-16,19-23,25,27-29,31,33-41,49H2,1-2H3,(H,52,53)(H,54,55)/b13-11-,14-12-,18-17-,26-24-,32-30-/t42-,43+,44?,45?/m1/s1. The van der Waals surface area contributed by atoms with Crippen LogP contribution in [0.15, 0.2) is 60.8 Å². The number of nitrogens with two attached hydrogens (primary N) is 1. The summed E-state index contributed by atoms with van der Waals surface area (Å²) < 4.78 is 38.5. The topological polar surface area (TPSA) is 184 Å². The Balaban J connectivity index is 2.31. The largest absolute Gasteiger partial charge is 0.480 e. The van der Waals surface area contributed by atoms with Crippen molar-refractivity contribution in [3.05, 3.63) is 60.8 Å². The third-order valence-corrected chi connectivity index (χ3v) is 11.1. The van der Waals surface area contributed by atoms with Crippen LogP contribution in [0, 0.1) is 0 Å². The van der Waals surface area contributed by atoms with E-state index in [9.17, 15) is 23.8 Å². The predicted molar refractivity (Wildman–Crippen MR) is 244 cm³/mol. The minimum absolute atomic E-state index is 0.0696. The zero-order valence-electron chi connectivity index (χ0n) is 37.7. The molecule has 61 heavy (non-hydrogen) atoms. The average molecular weight is 880 g/mol. The summed E-state index contributed by atoms with van der Waals surface area (Å²) in [4.78, 5) is 46.2. The van der Waals surface area contributed by atoms with Gasteiger partial charge in [0.2, 0.25) is 0 Å². The fourth-order valence-electron chi connectivity index (χ4n) is 6.36. The van der Waals surface area contributed by atoms with Gasteiger partial charge in [0.15, 0.2) is 6.10 Å². The number of carbonyl (C=O) groups excluding carboxylic acids is 2. The predicted octanol–water partition coefficient (Wildman–Crippen LogP) is 11.7. The highest BCUT2D eigenvalue weighted by molar-refractivity contribution is 7.47. The SMILES string of the molecule is CCCCC/C=C\C/C=C\C/C=C\CC1OC1CCCC(=O)O[C@H](COC(=O)CCCCCCCCCCC/C=C\C/C=C\CCCCC)COP(=O)(O)OC[C@H](N)C(=O)O. The molecule has 0 aromatic heterocycles. The van der Waals surface area contributed by atoms with Crippen LogP contribution >= 0.6 is 7.82 Å². The van der Waals surface area contributed by atoms with Crippen LogP contribution in [0.5, 0.6) is 0 Å². The van der Waals surface area contributed by atoms with Gasteiger partial charge in [0.25, 0.3) is 0 Å². The molecule has 0 aliphatic carbocycles. The Morgan fingerprint density at radius 2 is 1.08 bits per heavy atom. The molecule has 4 N–H and O–H groups in total. The molecule has 1 saturated heterocycles. The van der Waals surface area contributed by atoms with Crippen LogP contribution in [0.25, 0.3) is 0 Å². The lowest BCUT2D eigenvalue weighted by molar-refractivity contribution is -0.161. The molecule has 13 heteroatoms. The molecule has 0 amide bonds. The molecular formula is C48H82NO11P. The van der Waals surface area contributed by atoms with Gasteiger partial charge in [-0.3, -0.25) is 23.4 Å². The van der Waals surface area contributed by atoms with E-state index >= 15 is 0 Å². The summed E-state index contributed by atoms with van der Waals surface area (Å²) >= 11 is 0. The summed E-state index contributed by atoms with van der Waals surface area (Å²) in [5, 5.41) is 8.91. The van der Waals surface area contributed by atoms with E-state index in [0.717, 1.165) is 57.8 Å². The first kappa shape index (κ1) is 56.2. The minimum atomic E-state index is -4.75. The molecule has 0 aromatic rings. The van der Waals surface area contributed by atoms with Gasteiger partial charge in [0.1, 0.15) is 12.6 Å². The molecule has 0 spiro atoms. The van der Waals surface area contributed by atoms with E-state index < -0.39 is 51.1 Å². The first-order chi connectivity index (χ1) is 29.6. The van der Waals surface area contributed by atoms with Gasteiger partial charge in [-0.05, 0) is 83.5 Å². The number of phosphoric ester groups is 1. The summed E-state index contributed by atoms with van der Waals surface area (Å²) in [5.41, 5.74) is 5.34. The maximum Gasteiger partial charge on any atom is 0.472 e. The van der Waals surface area contributed by atoms with E-state index in [1.165, 1.54) is 77.0 Å². The smallest absolute Gasteiger partial charge is 0.472 e. The van der Waals surface area contributed by atoms with Crippen LogP contribution in [-0.2, 0) is 42.2 Å². The fraction of sp³-hybridized carbons (Fsp3) is 0.729. The van der Waals surface area contributed by atoms with Gasteiger partial charge < -0.3 is 29.9 Å². The van der Waals surface area contributed by atoms with Crippen LogP contribution in [0.1, 0.15) is 181 Å². The van der Waals surface area contributed by atoms with Crippen molar-refractivity contribution in [2.24, 2.45) is 5.73 Å². The molecule has 1 fully saturated rings. The Kier molecular flexibility index (Phi) is 35.7. The Hall–Kier alpha value is -2.86. The Morgan fingerprint density at radius 3 is 1.64 bits per heavy atom. The Morgan fingerprint density at radius 1 is 0.607 bits per heavy atom. The van der Waals surface area contributed by atoms with Crippen LogP contribution in [0.3, 0.4) is 0 Å². The molecule has 1 aliphatic rings. The second-order valence-corrected chi connectivity index (χ2v) is 17.4. The molecule has 1 rings (SSSR count). The van der Waals surface area contributed by atoms with Crippen LogP contribution in [0.2, 0.25) is 0 Å². The van der Waals surface area contributed by atoms with Crippen molar-refractivity contribution in [3.63, 3.8) is 0 Å². The molecule has 0 saturated carbocycles. The average Bonchev–Trinajstić information content (AvgIpc) is 3.99. The normalized spacial score (nSPS) is 17.5. The highest BCUT2D eigenvalue weighted by Crippen LogP contribution is 2.43. The number of rotatable bonds is 42. The monoisotopic (exact) mass is 880 g/mol. The van der Waals surface area contributed by atoms with Gasteiger partial charge in [0.05, 0.1) is 25.4 Å². The van der Waals surface area contributed by atoms with E-state index in [1.807, 2.05) is 0 Å². The van der Waals surface area contributed by atoms with Crippen molar-refractivity contribution in [1.82, 2.24) is 0 Å². The van der Waals surface area contributed by atoms with Crippen LogP contribution in [0.4, 0.5) is 0 Å². The highest BCUT2D eigenvalue weighted by atomic mass is 31.2. The lowest BCUT2D eigenvalue weighted by Gasteiger charge is -2.20. The second-order valence-electron chi connectivity index (χ2n) is 15.9. The minimum Gasteiger partial charge on any atom is -0.480 e. The number of hydrogen-bond acceptors (Lipinski definition) is 10. The van der Waals surface area contributed by atoms with Crippen LogP contribution in [-0.4, -0.2) is 72.1 Å². The van der Waals surface area contributed by atoms with E-state index in [-0.39, 0.29) is 31.7 Å². The second kappa shape index (κ2) is 38.8. The number of ether oxygens (including phenoxy) is 3. The zero-order chi connectivity index (χ0) is 44.7. The number of esters is 2. The Labute approximate surface area is 368 Å². The number of carboxylic acid groups (broad SMARTS) is 1. The van der Waals surface area contributed by atoms with Gasteiger partial charge in [-0.15, -0.1) is 0 Å². The quantitative estimate of drug-likeness (QED) is 0.0174. The number of epoxide rings is 1. The molecule has 12 nitrogen and oxygen atoms in total. The summed E-state index contributed by atoms with van der Waals surface area (Å²) in [6.07, 6.45) is 47.2. The van der Waals surface area contributed by atoms with Gasteiger partial charge in [-0.2, -0.15) is 0 Å². The first-order valence-corrected chi connectivity index (χ1v) is 24.9. The maximum absolute atomic E-state index is 12.7.